The molecule has 0 amide bonds. The molecule has 2 aromatic carbocycles. The Hall–Kier alpha value is -1.94. The summed E-state index contributed by atoms with van der Waals surface area (Å²) in [6.07, 6.45) is 0. The van der Waals surface area contributed by atoms with Crippen LogP contribution in [0.1, 0.15) is 24.1 Å². The number of ether oxygens (including phenoxy) is 1. The summed E-state index contributed by atoms with van der Waals surface area (Å²) in [5, 5.41) is 0. The van der Waals surface area contributed by atoms with Gasteiger partial charge >= 0.3 is 0 Å². The highest BCUT2D eigenvalue weighted by Crippen LogP contribution is 2.33. The topological polar surface area (TPSA) is 35.2 Å². The van der Waals surface area contributed by atoms with E-state index in [9.17, 15) is 8.78 Å². The first-order valence-corrected chi connectivity index (χ1v) is 5.97. The van der Waals surface area contributed by atoms with Crippen molar-refractivity contribution in [1.82, 2.24) is 0 Å². The van der Waals surface area contributed by atoms with Crippen molar-refractivity contribution in [2.45, 2.75) is 19.9 Å². The molecule has 0 heterocycles. The zero-order valence-corrected chi connectivity index (χ0v) is 10.8. The van der Waals surface area contributed by atoms with Gasteiger partial charge in [0.1, 0.15) is 0 Å². The van der Waals surface area contributed by atoms with Crippen LogP contribution >= 0.6 is 0 Å². The van der Waals surface area contributed by atoms with E-state index in [4.69, 9.17) is 10.5 Å². The van der Waals surface area contributed by atoms with E-state index < -0.39 is 17.7 Å². The second-order valence-corrected chi connectivity index (χ2v) is 4.44. The van der Waals surface area contributed by atoms with Crippen LogP contribution in [0, 0.1) is 18.6 Å². The lowest BCUT2D eigenvalue weighted by atomic mass is 10.1. The Morgan fingerprint density at radius 1 is 1.11 bits per heavy atom. The van der Waals surface area contributed by atoms with E-state index in [2.05, 4.69) is 0 Å². The molecule has 0 aliphatic rings. The van der Waals surface area contributed by atoms with Gasteiger partial charge in [-0.15, -0.1) is 0 Å². The second-order valence-electron chi connectivity index (χ2n) is 4.44. The highest BCUT2D eigenvalue weighted by molar-refractivity contribution is 5.42. The zero-order valence-electron chi connectivity index (χ0n) is 10.8. The first-order valence-electron chi connectivity index (χ1n) is 5.97. The lowest BCUT2D eigenvalue weighted by Crippen LogP contribution is -2.08. The molecule has 0 bridgehead atoms. The number of hydrogen-bond donors (Lipinski definition) is 1. The minimum absolute atomic E-state index is 0.00741. The summed E-state index contributed by atoms with van der Waals surface area (Å²) in [4.78, 5) is 0. The van der Waals surface area contributed by atoms with E-state index in [-0.39, 0.29) is 11.5 Å². The van der Waals surface area contributed by atoms with Crippen molar-refractivity contribution in [3.05, 3.63) is 59.2 Å². The van der Waals surface area contributed by atoms with Gasteiger partial charge in [-0.25, -0.2) is 8.78 Å². The van der Waals surface area contributed by atoms with E-state index in [1.165, 1.54) is 12.1 Å². The van der Waals surface area contributed by atoms with Crippen LogP contribution < -0.4 is 10.5 Å². The number of aryl methyl sites for hydroxylation is 1. The summed E-state index contributed by atoms with van der Waals surface area (Å²) in [5.41, 5.74) is 6.71. The number of rotatable bonds is 3. The quantitative estimate of drug-likeness (QED) is 0.905. The Kier molecular flexibility index (Phi) is 3.81. The third kappa shape index (κ3) is 2.74. The Bertz CT molecular complexity index is 597. The molecule has 100 valence electrons. The van der Waals surface area contributed by atoms with E-state index in [1.807, 2.05) is 0 Å². The van der Waals surface area contributed by atoms with Gasteiger partial charge in [0.05, 0.1) is 0 Å². The summed E-state index contributed by atoms with van der Waals surface area (Å²) in [6, 6.07) is 8.80. The SMILES string of the molecule is Cc1cccc(Oc2c(F)cccc2[C@@H](C)N)c1F. The van der Waals surface area contributed by atoms with Gasteiger partial charge in [0.25, 0.3) is 0 Å². The average Bonchev–Trinajstić information content (AvgIpc) is 2.36. The Balaban J connectivity index is 2.46. The van der Waals surface area contributed by atoms with Crippen molar-refractivity contribution in [2.24, 2.45) is 5.73 Å². The molecule has 0 unspecified atom stereocenters. The van der Waals surface area contributed by atoms with E-state index in [1.54, 1.807) is 38.1 Å². The van der Waals surface area contributed by atoms with Crippen LogP contribution in [0.3, 0.4) is 0 Å². The average molecular weight is 263 g/mol. The fraction of sp³-hybridized carbons (Fsp3) is 0.200. The molecule has 19 heavy (non-hydrogen) atoms. The number of para-hydroxylation sites is 1. The van der Waals surface area contributed by atoms with Crippen molar-refractivity contribution in [3.63, 3.8) is 0 Å². The fourth-order valence-corrected chi connectivity index (χ4v) is 1.80. The zero-order chi connectivity index (χ0) is 14.0. The number of hydrogen-bond acceptors (Lipinski definition) is 2. The molecule has 2 nitrogen and oxygen atoms in total. The van der Waals surface area contributed by atoms with E-state index in [0.717, 1.165) is 0 Å². The molecule has 0 saturated carbocycles. The third-order valence-corrected chi connectivity index (χ3v) is 2.86. The largest absolute Gasteiger partial charge is 0.451 e. The van der Waals surface area contributed by atoms with Gasteiger partial charge < -0.3 is 10.5 Å². The van der Waals surface area contributed by atoms with Crippen molar-refractivity contribution in [3.8, 4) is 11.5 Å². The Labute approximate surface area is 110 Å². The molecule has 0 aliphatic carbocycles. The molecule has 0 saturated heterocycles. The molecular weight excluding hydrogens is 248 g/mol. The molecule has 0 aliphatic heterocycles. The predicted octanol–water partition coefficient (Wildman–Crippen LogP) is 4.09. The highest BCUT2D eigenvalue weighted by Gasteiger charge is 2.16. The molecule has 2 N–H and O–H groups in total. The van der Waals surface area contributed by atoms with Gasteiger partial charge in [0.2, 0.25) is 0 Å². The molecule has 0 spiro atoms. The van der Waals surface area contributed by atoms with Crippen LogP contribution in [-0.4, -0.2) is 0 Å². The highest BCUT2D eigenvalue weighted by atomic mass is 19.1. The van der Waals surface area contributed by atoms with Crippen LogP contribution in [0.2, 0.25) is 0 Å². The van der Waals surface area contributed by atoms with Crippen LogP contribution in [-0.2, 0) is 0 Å². The summed E-state index contributed by atoms with van der Waals surface area (Å²) in [7, 11) is 0. The minimum atomic E-state index is -0.560. The Morgan fingerprint density at radius 3 is 2.47 bits per heavy atom. The number of nitrogens with two attached hydrogens (primary N) is 1. The van der Waals surface area contributed by atoms with Crippen LogP contribution in [0.25, 0.3) is 0 Å². The Morgan fingerprint density at radius 2 is 1.79 bits per heavy atom. The number of halogens is 2. The van der Waals surface area contributed by atoms with Gasteiger partial charge in [-0.05, 0) is 31.5 Å². The van der Waals surface area contributed by atoms with Crippen LogP contribution in [0.4, 0.5) is 8.78 Å². The first-order chi connectivity index (χ1) is 9.00. The second kappa shape index (κ2) is 5.36. The summed E-state index contributed by atoms with van der Waals surface area (Å²) >= 11 is 0. The smallest absolute Gasteiger partial charge is 0.168 e. The van der Waals surface area contributed by atoms with Crippen molar-refractivity contribution in [2.75, 3.05) is 0 Å². The monoisotopic (exact) mass is 263 g/mol. The van der Waals surface area contributed by atoms with Gasteiger partial charge in [-0.2, -0.15) is 0 Å². The van der Waals surface area contributed by atoms with Crippen LogP contribution in [0.15, 0.2) is 36.4 Å². The van der Waals surface area contributed by atoms with Crippen LogP contribution in [0.5, 0.6) is 11.5 Å². The standard InChI is InChI=1S/C15H15F2NO/c1-9-5-3-8-13(14(9)17)19-15-11(10(2)18)6-4-7-12(15)16/h3-8,10H,18H2,1-2H3/t10-/m1/s1. The molecule has 1 atom stereocenters. The molecule has 0 radical (unpaired) electrons. The van der Waals surface area contributed by atoms with Gasteiger partial charge in [-0.1, -0.05) is 24.3 Å². The molecule has 4 heteroatoms. The maximum atomic E-state index is 13.9. The summed E-state index contributed by atoms with van der Waals surface area (Å²) in [5.74, 6) is -1.09. The van der Waals surface area contributed by atoms with Crippen molar-refractivity contribution < 1.29 is 13.5 Å². The number of benzene rings is 2. The predicted molar refractivity (Wildman–Crippen MR) is 70.2 cm³/mol. The van der Waals surface area contributed by atoms with Gasteiger partial charge in [0.15, 0.2) is 23.1 Å². The van der Waals surface area contributed by atoms with Gasteiger partial charge in [0, 0.05) is 11.6 Å². The maximum Gasteiger partial charge on any atom is 0.168 e. The van der Waals surface area contributed by atoms with Crippen molar-refractivity contribution >= 4 is 0 Å². The van der Waals surface area contributed by atoms with E-state index >= 15 is 0 Å². The lowest BCUT2D eigenvalue weighted by Gasteiger charge is -2.15. The molecule has 0 fully saturated rings. The third-order valence-electron chi connectivity index (χ3n) is 2.86. The fourth-order valence-electron chi connectivity index (χ4n) is 1.80. The molecule has 2 rings (SSSR count). The normalized spacial score (nSPS) is 12.3. The molecule has 0 aromatic heterocycles. The minimum Gasteiger partial charge on any atom is -0.451 e. The first kappa shape index (κ1) is 13.5. The van der Waals surface area contributed by atoms with Gasteiger partial charge in [-0.3, -0.25) is 0 Å². The maximum absolute atomic E-state index is 13.9. The summed E-state index contributed by atoms with van der Waals surface area (Å²) in [6.45, 7) is 3.34. The summed E-state index contributed by atoms with van der Waals surface area (Å²) < 4.78 is 33.1. The van der Waals surface area contributed by atoms with Crippen molar-refractivity contribution in [1.29, 1.82) is 0 Å². The molecule has 2 aromatic rings. The van der Waals surface area contributed by atoms with E-state index in [0.29, 0.717) is 11.1 Å². The lowest BCUT2D eigenvalue weighted by molar-refractivity contribution is 0.406. The molecular formula is C15H15F2NO.